The SMILES string of the molecule is c1cc2ccc3c-2ccc1CCCCCCCCCCCC3. The van der Waals surface area contributed by atoms with Gasteiger partial charge in [0, 0.05) is 0 Å². The Labute approximate surface area is 136 Å². The van der Waals surface area contributed by atoms with Crippen LogP contribution < -0.4 is 0 Å². The lowest BCUT2D eigenvalue weighted by Gasteiger charge is -2.04. The second kappa shape index (κ2) is 8.36. The number of hydrogen-bond donors (Lipinski definition) is 0. The molecular formula is C22H30. The first-order chi connectivity index (χ1) is 10.9. The van der Waals surface area contributed by atoms with Crippen LogP contribution in [0.25, 0.3) is 11.1 Å². The molecule has 0 saturated heterocycles. The molecule has 0 fully saturated rings. The lowest BCUT2D eigenvalue weighted by molar-refractivity contribution is 0.551. The Morgan fingerprint density at radius 3 is 1.73 bits per heavy atom. The largest absolute Gasteiger partial charge is 0.0584 e. The van der Waals surface area contributed by atoms with Gasteiger partial charge in [0.1, 0.15) is 0 Å². The maximum Gasteiger partial charge on any atom is -0.0152 e. The molecule has 0 nitrogen and oxygen atoms in total. The normalized spacial score (nSPS) is 18.5. The maximum absolute atomic E-state index is 2.37. The molecule has 0 heterocycles. The lowest BCUT2D eigenvalue weighted by atomic mass is 10.0. The van der Waals surface area contributed by atoms with Crippen LogP contribution in [0.5, 0.6) is 0 Å². The predicted molar refractivity (Wildman–Crippen MR) is 96.6 cm³/mol. The fourth-order valence-corrected chi connectivity index (χ4v) is 3.79. The molecule has 22 heavy (non-hydrogen) atoms. The third-order valence-corrected chi connectivity index (χ3v) is 5.22. The molecule has 0 N–H and O–H groups in total. The molecule has 0 heteroatoms. The summed E-state index contributed by atoms with van der Waals surface area (Å²) in [6.45, 7) is 0. The fraction of sp³-hybridized carbons (Fsp3) is 0.545. The molecule has 0 atom stereocenters. The molecule has 0 aromatic carbocycles. The second-order valence-electron chi connectivity index (χ2n) is 7.00. The smallest absolute Gasteiger partial charge is 0.0152 e. The molecule has 0 amide bonds. The average molecular weight is 294 g/mol. The van der Waals surface area contributed by atoms with E-state index in [-0.39, 0.29) is 0 Å². The number of aryl methyl sites for hydroxylation is 2. The van der Waals surface area contributed by atoms with Gasteiger partial charge in [0.25, 0.3) is 0 Å². The van der Waals surface area contributed by atoms with Gasteiger partial charge < -0.3 is 0 Å². The third kappa shape index (κ3) is 4.35. The van der Waals surface area contributed by atoms with Crippen molar-refractivity contribution in [1.29, 1.82) is 0 Å². The molecule has 3 aliphatic rings. The number of rotatable bonds is 0. The number of hydrogen-bond acceptors (Lipinski definition) is 0. The van der Waals surface area contributed by atoms with Crippen LogP contribution >= 0.6 is 0 Å². The highest BCUT2D eigenvalue weighted by Gasteiger charge is 2.08. The van der Waals surface area contributed by atoms with Gasteiger partial charge in [0.05, 0.1) is 0 Å². The van der Waals surface area contributed by atoms with Crippen LogP contribution in [0.1, 0.15) is 75.3 Å². The van der Waals surface area contributed by atoms with Crippen molar-refractivity contribution in [3.8, 4) is 11.1 Å². The Morgan fingerprint density at radius 2 is 1.00 bits per heavy atom. The van der Waals surface area contributed by atoms with E-state index in [0.717, 1.165) is 0 Å². The van der Waals surface area contributed by atoms with Crippen molar-refractivity contribution in [2.75, 3.05) is 0 Å². The molecule has 0 saturated carbocycles. The molecule has 2 bridgehead atoms. The van der Waals surface area contributed by atoms with Gasteiger partial charge >= 0.3 is 0 Å². The molecule has 3 rings (SSSR count). The highest BCUT2D eigenvalue weighted by atomic mass is 14.1. The molecule has 0 aromatic heterocycles. The Kier molecular flexibility index (Phi) is 5.93. The van der Waals surface area contributed by atoms with Crippen LogP contribution in [-0.4, -0.2) is 0 Å². The molecule has 0 spiro atoms. The van der Waals surface area contributed by atoms with Gasteiger partial charge in [0.2, 0.25) is 0 Å². The lowest BCUT2D eigenvalue weighted by Crippen LogP contribution is -1.86. The summed E-state index contributed by atoms with van der Waals surface area (Å²) < 4.78 is 0. The zero-order valence-electron chi connectivity index (χ0n) is 13.9. The standard InChI is InChI=1S/C22H30/c1-2-4-6-8-10-12-20-16-17-21-15-13-19(14-18-22(20)21)11-9-7-5-3-1/h13-18H,1-12H2. The van der Waals surface area contributed by atoms with Crippen LogP contribution in [-0.2, 0) is 12.8 Å². The van der Waals surface area contributed by atoms with Crippen molar-refractivity contribution in [2.45, 2.75) is 77.0 Å². The first-order valence-corrected chi connectivity index (χ1v) is 9.44. The van der Waals surface area contributed by atoms with Gasteiger partial charge in [-0.25, -0.2) is 0 Å². The van der Waals surface area contributed by atoms with Gasteiger partial charge in [-0.3, -0.25) is 0 Å². The van der Waals surface area contributed by atoms with Crippen LogP contribution in [0, 0.1) is 0 Å². The van der Waals surface area contributed by atoms with E-state index in [2.05, 4.69) is 36.4 Å². The minimum Gasteiger partial charge on any atom is -0.0584 e. The van der Waals surface area contributed by atoms with E-state index in [1.54, 1.807) is 5.56 Å². The van der Waals surface area contributed by atoms with E-state index >= 15 is 0 Å². The van der Waals surface area contributed by atoms with Gasteiger partial charge in [-0.15, -0.1) is 0 Å². The van der Waals surface area contributed by atoms with E-state index in [1.807, 2.05) is 0 Å². The molecule has 0 aliphatic heterocycles. The predicted octanol–water partition coefficient (Wildman–Crippen LogP) is 6.79. The van der Waals surface area contributed by atoms with Crippen LogP contribution in [0.15, 0.2) is 36.4 Å². The van der Waals surface area contributed by atoms with E-state index in [4.69, 9.17) is 0 Å². The summed E-state index contributed by atoms with van der Waals surface area (Å²) in [4.78, 5) is 0. The van der Waals surface area contributed by atoms with Crippen LogP contribution in [0.3, 0.4) is 0 Å². The Morgan fingerprint density at radius 1 is 0.455 bits per heavy atom. The minimum absolute atomic E-state index is 1.24. The minimum atomic E-state index is 1.24. The summed E-state index contributed by atoms with van der Waals surface area (Å²) in [5, 5.41) is 0. The Hall–Kier alpha value is -1.30. The van der Waals surface area contributed by atoms with Gasteiger partial charge in [0.15, 0.2) is 0 Å². The highest BCUT2D eigenvalue weighted by Crippen LogP contribution is 2.29. The van der Waals surface area contributed by atoms with Crippen molar-refractivity contribution in [1.82, 2.24) is 0 Å². The van der Waals surface area contributed by atoms with Crippen molar-refractivity contribution >= 4 is 0 Å². The van der Waals surface area contributed by atoms with Crippen molar-refractivity contribution in [3.63, 3.8) is 0 Å². The molecule has 118 valence electrons. The van der Waals surface area contributed by atoms with Gasteiger partial charge in [-0.05, 0) is 47.9 Å². The zero-order chi connectivity index (χ0) is 15.0. The second-order valence-corrected chi connectivity index (χ2v) is 7.00. The van der Waals surface area contributed by atoms with E-state index in [0.29, 0.717) is 0 Å². The Bertz CT molecular complexity index is 540. The number of fused-ring (bicyclic) bond motifs is 2. The van der Waals surface area contributed by atoms with Crippen LogP contribution in [0.2, 0.25) is 0 Å². The third-order valence-electron chi connectivity index (χ3n) is 5.22. The summed E-state index contributed by atoms with van der Waals surface area (Å²) in [5.74, 6) is 0. The summed E-state index contributed by atoms with van der Waals surface area (Å²) in [5.41, 5.74) is 5.96. The quantitative estimate of drug-likeness (QED) is 0.501. The fourth-order valence-electron chi connectivity index (χ4n) is 3.79. The topological polar surface area (TPSA) is 0 Å². The van der Waals surface area contributed by atoms with Gasteiger partial charge in [-0.1, -0.05) is 87.8 Å². The van der Waals surface area contributed by atoms with Gasteiger partial charge in [-0.2, -0.15) is 0 Å². The molecule has 0 aromatic rings. The monoisotopic (exact) mass is 294 g/mol. The summed E-state index contributed by atoms with van der Waals surface area (Å²) in [6.07, 6.45) is 16.6. The first kappa shape index (κ1) is 15.6. The van der Waals surface area contributed by atoms with E-state index in [1.165, 1.54) is 93.7 Å². The van der Waals surface area contributed by atoms with Crippen molar-refractivity contribution < 1.29 is 0 Å². The average Bonchev–Trinajstić information content (AvgIpc) is 2.80. The molecular weight excluding hydrogens is 264 g/mol. The van der Waals surface area contributed by atoms with E-state index in [9.17, 15) is 0 Å². The summed E-state index contributed by atoms with van der Waals surface area (Å²) in [7, 11) is 0. The molecule has 0 radical (unpaired) electrons. The van der Waals surface area contributed by atoms with E-state index < -0.39 is 0 Å². The van der Waals surface area contributed by atoms with Crippen LogP contribution in [0.4, 0.5) is 0 Å². The Balaban J connectivity index is 1.73. The zero-order valence-corrected chi connectivity index (χ0v) is 13.9. The maximum atomic E-state index is 2.37. The highest BCUT2D eigenvalue weighted by molar-refractivity contribution is 5.70. The first-order valence-electron chi connectivity index (χ1n) is 9.44. The summed E-state index contributed by atoms with van der Waals surface area (Å²) >= 11 is 0. The summed E-state index contributed by atoms with van der Waals surface area (Å²) in [6, 6.07) is 14.1. The van der Waals surface area contributed by atoms with Crippen molar-refractivity contribution in [3.05, 3.63) is 47.5 Å². The molecule has 0 unspecified atom stereocenters. The molecule has 3 aliphatic carbocycles. The van der Waals surface area contributed by atoms with Crippen molar-refractivity contribution in [2.24, 2.45) is 0 Å².